The highest BCUT2D eigenvalue weighted by molar-refractivity contribution is 5.18. The summed E-state index contributed by atoms with van der Waals surface area (Å²) in [6, 6.07) is 4.58. The van der Waals surface area contributed by atoms with Gasteiger partial charge in [0, 0.05) is 25.4 Å². The first-order valence-corrected chi connectivity index (χ1v) is 6.83. The Morgan fingerprint density at radius 3 is 2.72 bits per heavy atom. The molecule has 1 heterocycles. The molecule has 0 aliphatic heterocycles. The molecular formula is C15H26N2O. The van der Waals surface area contributed by atoms with Crippen molar-refractivity contribution in [2.75, 3.05) is 6.61 Å². The van der Waals surface area contributed by atoms with Crippen molar-refractivity contribution in [2.24, 2.45) is 5.92 Å². The lowest BCUT2D eigenvalue weighted by Crippen LogP contribution is -2.22. The van der Waals surface area contributed by atoms with Gasteiger partial charge in [-0.15, -0.1) is 0 Å². The lowest BCUT2D eigenvalue weighted by atomic mass is 10.1. The molecule has 0 unspecified atom stereocenters. The third kappa shape index (κ3) is 6.12. The fourth-order valence-electron chi connectivity index (χ4n) is 1.56. The lowest BCUT2D eigenvalue weighted by Gasteiger charge is -2.12. The molecule has 0 aromatic carbocycles. The molecule has 0 atom stereocenters. The molecule has 0 amide bonds. The van der Waals surface area contributed by atoms with Gasteiger partial charge in [0.25, 0.3) is 0 Å². The number of ether oxygens (including phenoxy) is 1. The normalized spacial score (nSPS) is 11.4. The highest BCUT2D eigenvalue weighted by Crippen LogP contribution is 2.08. The van der Waals surface area contributed by atoms with E-state index < -0.39 is 0 Å². The van der Waals surface area contributed by atoms with Crippen LogP contribution in [-0.4, -0.2) is 17.6 Å². The van der Waals surface area contributed by atoms with Crippen molar-refractivity contribution in [2.45, 2.75) is 53.3 Å². The second kappa shape index (κ2) is 8.22. The summed E-state index contributed by atoms with van der Waals surface area (Å²) in [6.07, 6.45) is 2.94. The maximum atomic E-state index is 5.69. The molecule has 102 valence electrons. The summed E-state index contributed by atoms with van der Waals surface area (Å²) in [7, 11) is 0. The van der Waals surface area contributed by atoms with E-state index in [1.54, 1.807) is 0 Å². The quantitative estimate of drug-likeness (QED) is 0.720. The van der Waals surface area contributed by atoms with Crippen LogP contribution in [0.15, 0.2) is 18.3 Å². The van der Waals surface area contributed by atoms with Gasteiger partial charge in [0.05, 0.1) is 12.3 Å². The van der Waals surface area contributed by atoms with Crippen molar-refractivity contribution >= 4 is 0 Å². The Hall–Kier alpha value is -0.930. The SMILES string of the molecule is CC(C)CCOCc1ncccc1CNC(C)C. The summed E-state index contributed by atoms with van der Waals surface area (Å²) >= 11 is 0. The summed E-state index contributed by atoms with van der Waals surface area (Å²) in [5.41, 5.74) is 2.28. The number of nitrogens with one attached hydrogen (secondary N) is 1. The van der Waals surface area contributed by atoms with E-state index in [9.17, 15) is 0 Å². The number of nitrogens with zero attached hydrogens (tertiary/aromatic N) is 1. The van der Waals surface area contributed by atoms with Crippen LogP contribution in [0.1, 0.15) is 45.4 Å². The van der Waals surface area contributed by atoms with Crippen LogP contribution in [0.25, 0.3) is 0 Å². The predicted molar refractivity (Wildman–Crippen MR) is 75.3 cm³/mol. The van der Waals surface area contributed by atoms with E-state index in [0.717, 1.165) is 25.3 Å². The Morgan fingerprint density at radius 2 is 2.06 bits per heavy atom. The average Bonchev–Trinajstić information content (AvgIpc) is 2.33. The van der Waals surface area contributed by atoms with Crippen LogP contribution >= 0.6 is 0 Å². The third-order valence-corrected chi connectivity index (χ3v) is 2.76. The molecule has 1 aromatic rings. The Kier molecular flexibility index (Phi) is 6.91. The fourth-order valence-corrected chi connectivity index (χ4v) is 1.56. The topological polar surface area (TPSA) is 34.1 Å². The average molecular weight is 250 g/mol. The summed E-state index contributed by atoms with van der Waals surface area (Å²) in [4.78, 5) is 4.41. The van der Waals surface area contributed by atoms with Crippen LogP contribution in [0.2, 0.25) is 0 Å². The molecule has 0 saturated heterocycles. The van der Waals surface area contributed by atoms with Gasteiger partial charge in [-0.25, -0.2) is 0 Å². The van der Waals surface area contributed by atoms with Gasteiger partial charge < -0.3 is 10.1 Å². The minimum atomic E-state index is 0.486. The highest BCUT2D eigenvalue weighted by atomic mass is 16.5. The molecule has 0 saturated carbocycles. The molecule has 1 aromatic heterocycles. The van der Waals surface area contributed by atoms with Crippen LogP contribution < -0.4 is 5.32 Å². The Labute approximate surface area is 111 Å². The Bertz CT molecular complexity index is 337. The van der Waals surface area contributed by atoms with Gasteiger partial charge >= 0.3 is 0 Å². The van der Waals surface area contributed by atoms with Gasteiger partial charge in [0.2, 0.25) is 0 Å². The van der Waals surface area contributed by atoms with Crippen molar-refractivity contribution in [1.29, 1.82) is 0 Å². The molecule has 1 rings (SSSR count). The Balaban J connectivity index is 2.43. The van der Waals surface area contributed by atoms with Gasteiger partial charge in [-0.1, -0.05) is 33.8 Å². The van der Waals surface area contributed by atoms with Crippen LogP contribution in [0.4, 0.5) is 0 Å². The molecule has 0 radical (unpaired) electrons. The summed E-state index contributed by atoms with van der Waals surface area (Å²) in [6.45, 7) is 11.0. The predicted octanol–water partition coefficient (Wildman–Crippen LogP) is 3.14. The minimum Gasteiger partial charge on any atom is -0.375 e. The van der Waals surface area contributed by atoms with E-state index in [2.05, 4.69) is 44.1 Å². The van der Waals surface area contributed by atoms with E-state index in [-0.39, 0.29) is 0 Å². The molecule has 0 spiro atoms. The monoisotopic (exact) mass is 250 g/mol. The van der Waals surface area contributed by atoms with Crippen LogP contribution in [0.5, 0.6) is 0 Å². The third-order valence-electron chi connectivity index (χ3n) is 2.76. The highest BCUT2D eigenvalue weighted by Gasteiger charge is 2.04. The van der Waals surface area contributed by atoms with Gasteiger partial charge in [0.15, 0.2) is 0 Å². The first-order valence-electron chi connectivity index (χ1n) is 6.83. The van der Waals surface area contributed by atoms with Gasteiger partial charge in [-0.2, -0.15) is 0 Å². The maximum Gasteiger partial charge on any atom is 0.0891 e. The molecule has 0 bridgehead atoms. The number of pyridine rings is 1. The van der Waals surface area contributed by atoms with E-state index >= 15 is 0 Å². The fraction of sp³-hybridized carbons (Fsp3) is 0.667. The second-order valence-corrected chi connectivity index (χ2v) is 5.38. The number of hydrogen-bond donors (Lipinski definition) is 1. The van der Waals surface area contributed by atoms with Crippen molar-refractivity contribution < 1.29 is 4.74 Å². The lowest BCUT2D eigenvalue weighted by molar-refractivity contribution is 0.107. The van der Waals surface area contributed by atoms with Crippen LogP contribution in [-0.2, 0) is 17.9 Å². The largest absolute Gasteiger partial charge is 0.375 e. The summed E-state index contributed by atoms with van der Waals surface area (Å²) in [5.74, 6) is 0.691. The van der Waals surface area contributed by atoms with Crippen LogP contribution in [0.3, 0.4) is 0 Å². The maximum absolute atomic E-state index is 5.69. The van der Waals surface area contributed by atoms with Gasteiger partial charge in [0.1, 0.15) is 0 Å². The Morgan fingerprint density at radius 1 is 1.28 bits per heavy atom. The smallest absolute Gasteiger partial charge is 0.0891 e. The molecule has 0 aliphatic rings. The molecule has 18 heavy (non-hydrogen) atoms. The van der Waals surface area contributed by atoms with Crippen LogP contribution in [0, 0.1) is 5.92 Å². The molecule has 0 aliphatic carbocycles. The van der Waals surface area contributed by atoms with Crippen molar-refractivity contribution in [3.63, 3.8) is 0 Å². The molecule has 3 heteroatoms. The first-order chi connectivity index (χ1) is 8.59. The zero-order valence-corrected chi connectivity index (χ0v) is 12.1. The molecule has 0 fully saturated rings. The van der Waals surface area contributed by atoms with Gasteiger partial charge in [-0.3, -0.25) is 4.98 Å². The first kappa shape index (κ1) is 15.1. The zero-order chi connectivity index (χ0) is 13.4. The summed E-state index contributed by atoms with van der Waals surface area (Å²) in [5, 5.41) is 3.42. The number of hydrogen-bond acceptors (Lipinski definition) is 3. The van der Waals surface area contributed by atoms with E-state index in [1.807, 2.05) is 12.3 Å². The van der Waals surface area contributed by atoms with E-state index in [1.165, 1.54) is 5.56 Å². The standard InChI is InChI=1S/C15H26N2O/c1-12(2)7-9-18-11-15-14(6-5-8-16-15)10-17-13(3)4/h5-6,8,12-13,17H,7,9-11H2,1-4H3. The van der Waals surface area contributed by atoms with E-state index in [4.69, 9.17) is 4.74 Å². The van der Waals surface area contributed by atoms with Crippen molar-refractivity contribution in [3.8, 4) is 0 Å². The number of aromatic nitrogens is 1. The second-order valence-electron chi connectivity index (χ2n) is 5.38. The molecule has 1 N–H and O–H groups in total. The minimum absolute atomic E-state index is 0.486. The van der Waals surface area contributed by atoms with Gasteiger partial charge in [-0.05, 0) is 24.0 Å². The van der Waals surface area contributed by atoms with E-state index in [0.29, 0.717) is 18.6 Å². The molecular weight excluding hydrogens is 224 g/mol. The van der Waals surface area contributed by atoms with Crippen molar-refractivity contribution in [1.82, 2.24) is 10.3 Å². The van der Waals surface area contributed by atoms with Crippen molar-refractivity contribution in [3.05, 3.63) is 29.6 Å². The number of rotatable bonds is 8. The molecule has 3 nitrogen and oxygen atoms in total. The summed E-state index contributed by atoms with van der Waals surface area (Å²) < 4.78 is 5.69. The zero-order valence-electron chi connectivity index (χ0n) is 12.1.